The van der Waals surface area contributed by atoms with Crippen molar-refractivity contribution in [1.29, 1.82) is 0 Å². The lowest BCUT2D eigenvalue weighted by Gasteiger charge is -2.25. The number of hydrogen-bond acceptors (Lipinski definition) is 8. The van der Waals surface area contributed by atoms with Gasteiger partial charge in [0.05, 0.1) is 12.9 Å². The summed E-state index contributed by atoms with van der Waals surface area (Å²) < 4.78 is 7.32. The zero-order chi connectivity index (χ0) is 23.2. The first-order valence-corrected chi connectivity index (χ1v) is 12.7. The smallest absolute Gasteiger partial charge is 0.274 e. The highest BCUT2D eigenvalue weighted by Gasteiger charge is 2.20. The summed E-state index contributed by atoms with van der Waals surface area (Å²) in [5.74, 6) is 0.742. The Bertz CT molecular complexity index is 1200. The molecular weight excluding hydrogens is 458 g/mol. The van der Waals surface area contributed by atoms with Crippen molar-refractivity contribution in [1.82, 2.24) is 19.9 Å². The third kappa shape index (κ3) is 5.56. The van der Waals surface area contributed by atoms with Crippen LogP contribution < -0.4 is 20.5 Å². The van der Waals surface area contributed by atoms with E-state index in [1.165, 1.54) is 29.5 Å². The second-order valence-corrected chi connectivity index (χ2v) is 9.63. The molecule has 0 saturated carbocycles. The zero-order valence-corrected chi connectivity index (χ0v) is 20.2. The van der Waals surface area contributed by atoms with Crippen molar-refractivity contribution >= 4 is 44.5 Å². The molecule has 0 spiro atoms. The summed E-state index contributed by atoms with van der Waals surface area (Å²) >= 11 is 2.63. The number of thiazole rings is 1. The number of methoxy groups -OCH3 is 1. The number of hydrogen-bond donors (Lipinski definition) is 1. The van der Waals surface area contributed by atoms with Gasteiger partial charge in [-0.2, -0.15) is 4.98 Å². The van der Waals surface area contributed by atoms with Crippen LogP contribution in [0.2, 0.25) is 0 Å². The second-order valence-electron chi connectivity index (χ2n) is 7.71. The Morgan fingerprint density at radius 1 is 1.30 bits per heavy atom. The Hall–Kier alpha value is -2.85. The Labute approximate surface area is 200 Å². The van der Waals surface area contributed by atoms with Crippen molar-refractivity contribution in [2.45, 2.75) is 37.5 Å². The molecule has 1 fully saturated rings. The number of nitrogens with zero attached hydrogens (tertiary/aromatic N) is 4. The maximum atomic E-state index is 13.2. The molecule has 1 aliphatic heterocycles. The van der Waals surface area contributed by atoms with Gasteiger partial charge in [0.2, 0.25) is 5.91 Å². The fraction of sp³-hybridized carbons (Fsp3) is 0.391. The van der Waals surface area contributed by atoms with Gasteiger partial charge in [0.25, 0.3) is 5.56 Å². The van der Waals surface area contributed by atoms with Crippen molar-refractivity contribution in [3.8, 4) is 5.75 Å². The Morgan fingerprint density at radius 2 is 2.12 bits per heavy atom. The number of benzene rings is 1. The van der Waals surface area contributed by atoms with Crippen molar-refractivity contribution < 1.29 is 9.53 Å². The number of allylic oxidation sites excluding steroid dienone is 1. The monoisotopic (exact) mass is 485 g/mol. The number of piperidine rings is 1. The predicted molar refractivity (Wildman–Crippen MR) is 134 cm³/mol. The van der Waals surface area contributed by atoms with Crippen LogP contribution in [0.25, 0.3) is 10.3 Å². The van der Waals surface area contributed by atoms with Crippen LogP contribution in [0.1, 0.15) is 24.8 Å². The van der Waals surface area contributed by atoms with Gasteiger partial charge in [-0.15, -0.1) is 6.58 Å². The molecule has 0 bridgehead atoms. The number of thioether (sulfide) groups is 1. The number of amides is 1. The summed E-state index contributed by atoms with van der Waals surface area (Å²) in [6.45, 7) is 6.39. The van der Waals surface area contributed by atoms with Crippen molar-refractivity contribution in [3.05, 3.63) is 52.8 Å². The highest BCUT2D eigenvalue weighted by Crippen LogP contribution is 2.29. The molecule has 4 rings (SSSR count). The Kier molecular flexibility index (Phi) is 7.66. The Morgan fingerprint density at radius 3 is 2.88 bits per heavy atom. The molecule has 1 amide bonds. The lowest BCUT2D eigenvalue weighted by atomic mass is 10.1. The minimum absolute atomic E-state index is 0.139. The van der Waals surface area contributed by atoms with Gasteiger partial charge >= 0.3 is 0 Å². The number of carbonyl (C=O) groups excluding carboxylic acids is 1. The topological polar surface area (TPSA) is 89.3 Å². The number of nitrogens with one attached hydrogen (secondary N) is 1. The molecule has 8 nitrogen and oxygen atoms in total. The first-order valence-electron chi connectivity index (χ1n) is 10.9. The van der Waals surface area contributed by atoms with E-state index in [1.54, 1.807) is 17.8 Å². The number of fused-ring (bicyclic) bond motifs is 1. The average molecular weight is 486 g/mol. The predicted octanol–water partition coefficient (Wildman–Crippen LogP) is 3.45. The number of ether oxygens (including phenoxy) is 1. The number of carbonyl (C=O) groups is 1. The van der Waals surface area contributed by atoms with E-state index in [-0.39, 0.29) is 17.2 Å². The normalized spacial score (nSPS) is 13.8. The van der Waals surface area contributed by atoms with Crippen LogP contribution >= 0.6 is 23.1 Å². The highest BCUT2D eigenvalue weighted by atomic mass is 32.2. The zero-order valence-electron chi connectivity index (χ0n) is 18.6. The minimum atomic E-state index is -0.144. The maximum absolute atomic E-state index is 13.2. The molecule has 0 atom stereocenters. The molecule has 33 heavy (non-hydrogen) atoms. The first kappa shape index (κ1) is 23.3. The standard InChI is InChI=1S/C23H27N5O3S2/c1-3-10-28-21(30)19-20(25-22(33-19)27-11-5-4-6-12-27)26-23(28)32-15-18(29)24-14-16-8-7-9-17(13-16)31-2/h3,7-9,13H,1,4-6,10-12,14-15H2,2H3,(H,24,29). The van der Waals surface area contributed by atoms with Gasteiger partial charge in [-0.3, -0.25) is 14.2 Å². The molecule has 174 valence electrons. The van der Waals surface area contributed by atoms with Gasteiger partial charge in [-0.05, 0) is 37.0 Å². The van der Waals surface area contributed by atoms with Crippen LogP contribution in [-0.4, -0.2) is 46.4 Å². The van der Waals surface area contributed by atoms with E-state index >= 15 is 0 Å². The summed E-state index contributed by atoms with van der Waals surface area (Å²) in [4.78, 5) is 37.1. The minimum Gasteiger partial charge on any atom is -0.497 e. The summed E-state index contributed by atoms with van der Waals surface area (Å²) in [6, 6.07) is 7.55. The van der Waals surface area contributed by atoms with Crippen LogP contribution in [-0.2, 0) is 17.9 Å². The molecule has 3 heterocycles. The lowest BCUT2D eigenvalue weighted by molar-refractivity contribution is -0.118. The fourth-order valence-electron chi connectivity index (χ4n) is 3.66. The van der Waals surface area contributed by atoms with E-state index in [4.69, 9.17) is 4.74 Å². The third-order valence-corrected chi connectivity index (χ3v) is 7.43. The summed E-state index contributed by atoms with van der Waals surface area (Å²) in [5.41, 5.74) is 1.26. The number of aromatic nitrogens is 3. The van der Waals surface area contributed by atoms with Crippen molar-refractivity contribution in [2.24, 2.45) is 0 Å². The van der Waals surface area contributed by atoms with Gasteiger partial charge in [0.1, 0.15) is 10.4 Å². The molecule has 2 aromatic heterocycles. The first-order chi connectivity index (χ1) is 16.1. The highest BCUT2D eigenvalue weighted by molar-refractivity contribution is 7.99. The van der Waals surface area contributed by atoms with Crippen LogP contribution in [0.3, 0.4) is 0 Å². The summed E-state index contributed by atoms with van der Waals surface area (Å²) in [5, 5.41) is 4.22. The molecule has 0 aliphatic carbocycles. The third-order valence-electron chi connectivity index (χ3n) is 5.36. The molecular formula is C23H27N5O3S2. The molecule has 3 aromatic rings. The molecule has 10 heteroatoms. The van der Waals surface area contributed by atoms with E-state index in [1.807, 2.05) is 24.3 Å². The molecule has 1 aliphatic rings. The van der Waals surface area contributed by atoms with Gasteiger partial charge in [0.15, 0.2) is 15.9 Å². The van der Waals surface area contributed by atoms with E-state index in [9.17, 15) is 9.59 Å². The molecule has 0 radical (unpaired) electrons. The van der Waals surface area contributed by atoms with Gasteiger partial charge in [-0.1, -0.05) is 41.3 Å². The number of rotatable bonds is 9. The SMILES string of the molecule is C=CCn1c(SCC(=O)NCc2cccc(OC)c2)nc2nc(N3CCCCC3)sc2c1=O. The van der Waals surface area contributed by atoms with Crippen LogP contribution in [0, 0.1) is 0 Å². The molecule has 0 unspecified atom stereocenters. The van der Waals surface area contributed by atoms with E-state index < -0.39 is 0 Å². The molecule has 1 saturated heterocycles. The van der Waals surface area contributed by atoms with Crippen molar-refractivity contribution in [3.63, 3.8) is 0 Å². The van der Waals surface area contributed by atoms with Crippen LogP contribution in [0.5, 0.6) is 5.75 Å². The number of anilines is 1. The lowest BCUT2D eigenvalue weighted by Crippen LogP contribution is -2.29. The quantitative estimate of drug-likeness (QED) is 0.282. The maximum Gasteiger partial charge on any atom is 0.274 e. The van der Waals surface area contributed by atoms with E-state index in [0.29, 0.717) is 28.6 Å². The van der Waals surface area contributed by atoms with Gasteiger partial charge < -0.3 is 15.0 Å². The second kappa shape index (κ2) is 10.8. The largest absolute Gasteiger partial charge is 0.497 e. The van der Waals surface area contributed by atoms with Crippen LogP contribution in [0.4, 0.5) is 5.13 Å². The molecule has 1 aromatic carbocycles. The van der Waals surface area contributed by atoms with Crippen LogP contribution in [0.15, 0.2) is 46.9 Å². The Balaban J connectivity index is 1.48. The summed E-state index contributed by atoms with van der Waals surface area (Å²) in [6.07, 6.45) is 5.16. The van der Waals surface area contributed by atoms with Crippen molar-refractivity contribution in [2.75, 3.05) is 30.9 Å². The molecule has 1 N–H and O–H groups in total. The van der Waals surface area contributed by atoms with E-state index in [0.717, 1.165) is 42.4 Å². The fourth-order valence-corrected chi connectivity index (χ4v) is 5.49. The van der Waals surface area contributed by atoms with Gasteiger partial charge in [0, 0.05) is 26.2 Å². The van der Waals surface area contributed by atoms with Gasteiger partial charge in [-0.25, -0.2) is 4.98 Å². The summed E-state index contributed by atoms with van der Waals surface area (Å²) in [7, 11) is 1.61. The average Bonchev–Trinajstić information content (AvgIpc) is 3.28. The van der Waals surface area contributed by atoms with E-state index in [2.05, 4.69) is 26.8 Å².